The van der Waals surface area contributed by atoms with Crippen LogP contribution in [0.4, 0.5) is 5.82 Å². The number of aliphatic hydroxyl groups is 1. The maximum absolute atomic E-state index is 9.60. The summed E-state index contributed by atoms with van der Waals surface area (Å²) in [6, 6.07) is 3.93. The lowest BCUT2D eigenvalue weighted by Gasteiger charge is -2.17. The van der Waals surface area contributed by atoms with Crippen molar-refractivity contribution in [1.29, 1.82) is 0 Å². The van der Waals surface area contributed by atoms with Gasteiger partial charge in [0.05, 0.1) is 11.8 Å². The molecule has 0 aliphatic carbocycles. The monoisotopic (exact) mass is 279 g/mol. The average Bonchev–Trinajstić information content (AvgIpc) is 2.82. The van der Waals surface area contributed by atoms with Gasteiger partial charge < -0.3 is 15.6 Å². The lowest BCUT2D eigenvalue weighted by molar-refractivity contribution is 0.145. The highest BCUT2D eigenvalue weighted by molar-refractivity contribution is 5.34. The molecule has 0 saturated carbocycles. The highest BCUT2D eigenvalue weighted by atomic mass is 16.5. The number of hydrogen-bond acceptors (Lipinski definition) is 5. The van der Waals surface area contributed by atoms with E-state index in [9.17, 15) is 5.11 Å². The van der Waals surface area contributed by atoms with E-state index in [0.717, 1.165) is 57.8 Å². The molecule has 0 aromatic carbocycles. The van der Waals surface area contributed by atoms with Crippen molar-refractivity contribution >= 4 is 5.82 Å². The second-order valence-electron chi connectivity index (χ2n) is 5.32. The Kier molecular flexibility index (Phi) is 5.76. The molecule has 0 radical (unpaired) electrons. The average molecular weight is 279 g/mol. The zero-order valence-electron chi connectivity index (χ0n) is 12.2. The number of rotatable bonds is 7. The molecule has 1 atom stereocenters. The van der Waals surface area contributed by atoms with Crippen LogP contribution in [0.2, 0.25) is 0 Å². The standard InChI is InChI=1S/C15H25N3O2/c1-2-20-9-3-4-12-5-6-15(16)17-14(12)11-18-8-7-13(19)10-18/h5-6,13,19H,2-4,7-11H2,1H3,(H2,16,17)/t13-/m0/s1. The van der Waals surface area contributed by atoms with E-state index < -0.39 is 0 Å². The van der Waals surface area contributed by atoms with Gasteiger partial charge in [-0.05, 0) is 37.8 Å². The van der Waals surface area contributed by atoms with Crippen LogP contribution in [-0.2, 0) is 17.7 Å². The summed E-state index contributed by atoms with van der Waals surface area (Å²) in [5.41, 5.74) is 8.08. The highest BCUT2D eigenvalue weighted by Gasteiger charge is 2.21. The van der Waals surface area contributed by atoms with Gasteiger partial charge in [0.1, 0.15) is 5.82 Å². The maximum Gasteiger partial charge on any atom is 0.123 e. The van der Waals surface area contributed by atoms with Crippen LogP contribution >= 0.6 is 0 Å². The molecule has 2 heterocycles. The summed E-state index contributed by atoms with van der Waals surface area (Å²) >= 11 is 0. The molecule has 0 bridgehead atoms. The van der Waals surface area contributed by atoms with Gasteiger partial charge in [0, 0.05) is 32.8 Å². The fraction of sp³-hybridized carbons (Fsp3) is 0.667. The smallest absolute Gasteiger partial charge is 0.123 e. The number of aromatic nitrogens is 1. The Morgan fingerprint density at radius 2 is 2.35 bits per heavy atom. The largest absolute Gasteiger partial charge is 0.392 e. The van der Waals surface area contributed by atoms with Gasteiger partial charge in [0.25, 0.3) is 0 Å². The fourth-order valence-electron chi connectivity index (χ4n) is 2.59. The lowest BCUT2D eigenvalue weighted by Crippen LogP contribution is -2.23. The summed E-state index contributed by atoms with van der Waals surface area (Å²) in [4.78, 5) is 6.71. The summed E-state index contributed by atoms with van der Waals surface area (Å²) in [6.45, 7) is 5.98. The molecule has 0 unspecified atom stereocenters. The van der Waals surface area contributed by atoms with Crippen molar-refractivity contribution in [3.63, 3.8) is 0 Å². The number of nitrogens with two attached hydrogens (primary N) is 1. The van der Waals surface area contributed by atoms with Crippen LogP contribution in [0.15, 0.2) is 12.1 Å². The minimum atomic E-state index is -0.197. The minimum absolute atomic E-state index is 0.197. The number of hydrogen-bond donors (Lipinski definition) is 2. The first kappa shape index (κ1) is 15.2. The van der Waals surface area contributed by atoms with Gasteiger partial charge in [0.2, 0.25) is 0 Å². The zero-order valence-corrected chi connectivity index (χ0v) is 12.2. The van der Waals surface area contributed by atoms with E-state index in [1.807, 2.05) is 13.0 Å². The fourth-order valence-corrected chi connectivity index (χ4v) is 2.59. The molecule has 5 nitrogen and oxygen atoms in total. The van der Waals surface area contributed by atoms with Crippen molar-refractivity contribution in [3.05, 3.63) is 23.4 Å². The second-order valence-corrected chi connectivity index (χ2v) is 5.32. The predicted molar refractivity (Wildman–Crippen MR) is 79.4 cm³/mol. The number of nitrogen functional groups attached to an aromatic ring is 1. The summed E-state index contributed by atoms with van der Waals surface area (Å²) in [5.74, 6) is 0.563. The van der Waals surface area contributed by atoms with E-state index in [1.165, 1.54) is 5.56 Å². The summed E-state index contributed by atoms with van der Waals surface area (Å²) < 4.78 is 5.38. The molecule has 3 N–H and O–H groups in total. The molecule has 1 aliphatic heterocycles. The molecule has 0 spiro atoms. The number of aliphatic hydroxyl groups excluding tert-OH is 1. The molecular formula is C15H25N3O2. The van der Waals surface area contributed by atoms with Crippen LogP contribution in [-0.4, -0.2) is 47.4 Å². The van der Waals surface area contributed by atoms with E-state index in [2.05, 4.69) is 16.0 Å². The molecule has 1 aromatic rings. The van der Waals surface area contributed by atoms with Gasteiger partial charge in [-0.25, -0.2) is 4.98 Å². The molecule has 112 valence electrons. The Labute approximate surface area is 120 Å². The Bertz CT molecular complexity index is 426. The van der Waals surface area contributed by atoms with Crippen LogP contribution in [0.1, 0.15) is 31.0 Å². The number of aryl methyl sites for hydroxylation is 1. The zero-order chi connectivity index (χ0) is 14.4. The van der Waals surface area contributed by atoms with Crippen LogP contribution in [0, 0.1) is 0 Å². The van der Waals surface area contributed by atoms with Crippen molar-refractivity contribution in [2.75, 3.05) is 32.0 Å². The second kappa shape index (κ2) is 7.57. The Morgan fingerprint density at radius 1 is 1.50 bits per heavy atom. The first-order valence-corrected chi connectivity index (χ1v) is 7.41. The van der Waals surface area contributed by atoms with Crippen molar-refractivity contribution < 1.29 is 9.84 Å². The molecule has 1 aliphatic rings. The van der Waals surface area contributed by atoms with Gasteiger partial charge in [-0.1, -0.05) is 6.07 Å². The van der Waals surface area contributed by atoms with Crippen LogP contribution in [0.25, 0.3) is 0 Å². The molecule has 5 heteroatoms. The number of nitrogens with zero attached hydrogens (tertiary/aromatic N) is 2. The Hall–Kier alpha value is -1.17. The van der Waals surface area contributed by atoms with E-state index in [0.29, 0.717) is 5.82 Å². The summed E-state index contributed by atoms with van der Waals surface area (Å²) in [6.07, 6.45) is 2.60. The summed E-state index contributed by atoms with van der Waals surface area (Å²) in [5, 5.41) is 9.60. The first-order chi connectivity index (χ1) is 9.69. The van der Waals surface area contributed by atoms with E-state index in [-0.39, 0.29) is 6.10 Å². The SMILES string of the molecule is CCOCCCc1ccc(N)nc1CN1CC[C@H](O)C1. The minimum Gasteiger partial charge on any atom is -0.392 e. The number of ether oxygens (including phenoxy) is 1. The highest BCUT2D eigenvalue weighted by Crippen LogP contribution is 2.17. The van der Waals surface area contributed by atoms with Gasteiger partial charge in [0.15, 0.2) is 0 Å². The quantitative estimate of drug-likeness (QED) is 0.734. The molecule has 20 heavy (non-hydrogen) atoms. The van der Waals surface area contributed by atoms with Gasteiger partial charge in [-0.15, -0.1) is 0 Å². The molecular weight excluding hydrogens is 254 g/mol. The molecule has 2 rings (SSSR count). The van der Waals surface area contributed by atoms with Crippen molar-refractivity contribution in [3.8, 4) is 0 Å². The first-order valence-electron chi connectivity index (χ1n) is 7.41. The molecule has 0 amide bonds. The van der Waals surface area contributed by atoms with Crippen molar-refractivity contribution in [2.24, 2.45) is 0 Å². The lowest BCUT2D eigenvalue weighted by atomic mass is 10.1. The third-order valence-electron chi connectivity index (χ3n) is 3.65. The number of β-amino-alcohol motifs (C(OH)–C–C–N with tert-alkyl or cyclic N) is 1. The number of likely N-dealkylation sites (tertiary alicyclic amines) is 1. The van der Waals surface area contributed by atoms with Crippen LogP contribution < -0.4 is 5.73 Å². The van der Waals surface area contributed by atoms with Crippen LogP contribution in [0.5, 0.6) is 0 Å². The van der Waals surface area contributed by atoms with Crippen LogP contribution in [0.3, 0.4) is 0 Å². The van der Waals surface area contributed by atoms with Gasteiger partial charge in [-0.2, -0.15) is 0 Å². The molecule has 1 fully saturated rings. The maximum atomic E-state index is 9.60. The predicted octanol–water partition coefficient (Wildman–Crippen LogP) is 1.20. The topological polar surface area (TPSA) is 71.6 Å². The normalized spacial score (nSPS) is 19.6. The molecule has 1 aromatic heterocycles. The van der Waals surface area contributed by atoms with E-state index >= 15 is 0 Å². The number of pyridine rings is 1. The van der Waals surface area contributed by atoms with Crippen molar-refractivity contribution in [1.82, 2.24) is 9.88 Å². The third kappa shape index (κ3) is 4.44. The third-order valence-corrected chi connectivity index (χ3v) is 3.65. The van der Waals surface area contributed by atoms with Crippen molar-refractivity contribution in [2.45, 2.75) is 38.8 Å². The number of anilines is 1. The van der Waals surface area contributed by atoms with Gasteiger partial charge in [-0.3, -0.25) is 4.90 Å². The Morgan fingerprint density at radius 3 is 3.05 bits per heavy atom. The van der Waals surface area contributed by atoms with Gasteiger partial charge >= 0.3 is 0 Å². The Balaban J connectivity index is 1.96. The summed E-state index contributed by atoms with van der Waals surface area (Å²) in [7, 11) is 0. The van der Waals surface area contributed by atoms with E-state index in [1.54, 1.807) is 0 Å². The van der Waals surface area contributed by atoms with E-state index in [4.69, 9.17) is 10.5 Å². The molecule has 1 saturated heterocycles.